The van der Waals surface area contributed by atoms with E-state index < -0.39 is 0 Å². The summed E-state index contributed by atoms with van der Waals surface area (Å²) in [5.74, 6) is 0.347. The Hall–Kier alpha value is -0.511. The molecule has 0 saturated carbocycles. The Kier molecular flexibility index (Phi) is 5.06. The van der Waals surface area contributed by atoms with E-state index in [1.165, 1.54) is 6.92 Å². The molecule has 0 unspecified atom stereocenters. The summed E-state index contributed by atoms with van der Waals surface area (Å²) < 4.78 is 4.94. The summed E-state index contributed by atoms with van der Waals surface area (Å²) in [6.07, 6.45) is 0. The van der Waals surface area contributed by atoms with Gasteiger partial charge in [-0.05, 0) is 37.1 Å². The first-order valence-electron chi connectivity index (χ1n) is 3.84. The van der Waals surface area contributed by atoms with Crippen LogP contribution in [0, 0.1) is 13.8 Å². The van der Waals surface area contributed by atoms with Crippen LogP contribution in [0.1, 0.15) is 18.1 Å². The van der Waals surface area contributed by atoms with Crippen molar-refractivity contribution >= 4 is 29.9 Å². The molecule has 0 aliphatic heterocycles. The summed E-state index contributed by atoms with van der Waals surface area (Å²) in [6, 6.07) is 5.72. The first-order chi connectivity index (χ1) is 5.58. The summed E-state index contributed by atoms with van der Waals surface area (Å²) in [5, 5.41) is 0. The Labute approximate surface area is 95.2 Å². The molecule has 70 valence electrons. The summed E-state index contributed by atoms with van der Waals surface area (Å²) in [5.41, 5.74) is 2.21. The molecule has 3 heteroatoms. The molecule has 0 N–H and O–H groups in total. The SMILES string of the molecule is CC(=O)Oc1cc(C)cc(C)c1.[SnH2]. The van der Waals surface area contributed by atoms with Gasteiger partial charge in [0.15, 0.2) is 0 Å². The van der Waals surface area contributed by atoms with Crippen molar-refractivity contribution < 1.29 is 9.53 Å². The van der Waals surface area contributed by atoms with Crippen molar-refractivity contribution in [2.24, 2.45) is 0 Å². The van der Waals surface area contributed by atoms with Crippen molar-refractivity contribution in [2.75, 3.05) is 0 Å². The van der Waals surface area contributed by atoms with Crippen molar-refractivity contribution in [3.63, 3.8) is 0 Å². The molecule has 0 aromatic heterocycles. The van der Waals surface area contributed by atoms with E-state index in [0.29, 0.717) is 5.75 Å². The Morgan fingerprint density at radius 1 is 1.15 bits per heavy atom. The first-order valence-corrected chi connectivity index (χ1v) is 3.84. The van der Waals surface area contributed by atoms with Gasteiger partial charge in [-0.15, -0.1) is 0 Å². The van der Waals surface area contributed by atoms with E-state index in [1.54, 1.807) is 0 Å². The second kappa shape index (κ2) is 5.27. The van der Waals surface area contributed by atoms with Crippen LogP contribution in [0.5, 0.6) is 5.75 Å². The number of hydrogen-bond acceptors (Lipinski definition) is 2. The Morgan fingerprint density at radius 2 is 1.62 bits per heavy atom. The van der Waals surface area contributed by atoms with Gasteiger partial charge in [-0.2, -0.15) is 0 Å². The van der Waals surface area contributed by atoms with Gasteiger partial charge in [-0.3, -0.25) is 4.79 Å². The number of hydrogen-bond donors (Lipinski definition) is 0. The molecule has 1 rings (SSSR count). The summed E-state index contributed by atoms with van der Waals surface area (Å²) in [7, 11) is 0. The monoisotopic (exact) mass is 286 g/mol. The minimum absolute atomic E-state index is 0. The van der Waals surface area contributed by atoms with Crippen LogP contribution in [0.25, 0.3) is 0 Å². The number of benzene rings is 1. The van der Waals surface area contributed by atoms with Crippen LogP contribution in [-0.4, -0.2) is 29.9 Å². The van der Waals surface area contributed by atoms with Gasteiger partial charge in [-0.1, -0.05) is 6.07 Å². The van der Waals surface area contributed by atoms with E-state index >= 15 is 0 Å². The van der Waals surface area contributed by atoms with Gasteiger partial charge in [0.25, 0.3) is 0 Å². The molecule has 0 heterocycles. The molecular formula is C10H14O2Sn. The van der Waals surface area contributed by atoms with E-state index in [9.17, 15) is 4.79 Å². The number of rotatable bonds is 1. The molecule has 0 fully saturated rings. The molecular weight excluding hydrogens is 271 g/mol. The Morgan fingerprint density at radius 3 is 2.00 bits per heavy atom. The molecule has 0 amide bonds. The maximum absolute atomic E-state index is 10.6. The molecule has 1 aromatic rings. The van der Waals surface area contributed by atoms with Crippen LogP contribution in [0.4, 0.5) is 0 Å². The number of aryl methyl sites for hydroxylation is 2. The van der Waals surface area contributed by atoms with E-state index in [4.69, 9.17) is 4.74 Å². The average molecular weight is 285 g/mol. The van der Waals surface area contributed by atoms with E-state index in [0.717, 1.165) is 11.1 Å². The van der Waals surface area contributed by atoms with E-state index in [-0.39, 0.29) is 29.9 Å². The van der Waals surface area contributed by atoms with Crippen LogP contribution in [0.2, 0.25) is 0 Å². The van der Waals surface area contributed by atoms with Gasteiger partial charge in [0.2, 0.25) is 0 Å². The average Bonchev–Trinajstić information content (AvgIpc) is 1.81. The Bertz CT molecular complexity index is 288. The molecule has 2 nitrogen and oxygen atoms in total. The topological polar surface area (TPSA) is 26.3 Å². The van der Waals surface area contributed by atoms with Crippen molar-refractivity contribution in [2.45, 2.75) is 20.8 Å². The fourth-order valence-electron chi connectivity index (χ4n) is 1.16. The van der Waals surface area contributed by atoms with Crippen LogP contribution in [0.15, 0.2) is 18.2 Å². The molecule has 0 aliphatic rings. The third-order valence-electron chi connectivity index (χ3n) is 1.46. The van der Waals surface area contributed by atoms with Crippen molar-refractivity contribution in [3.05, 3.63) is 29.3 Å². The van der Waals surface area contributed by atoms with Gasteiger partial charge in [-0.25, -0.2) is 0 Å². The zero-order chi connectivity index (χ0) is 9.14. The summed E-state index contributed by atoms with van der Waals surface area (Å²) >= 11 is 0. The standard InChI is InChI=1S/C10H12O2.Sn.2H/c1-7-4-8(2)6-10(5-7)12-9(3)11;;;/h4-6H,1-3H3;;;. The number of ether oxygens (including phenoxy) is 1. The fraction of sp³-hybridized carbons (Fsp3) is 0.300. The van der Waals surface area contributed by atoms with Gasteiger partial charge >= 0.3 is 29.9 Å². The van der Waals surface area contributed by atoms with Crippen LogP contribution < -0.4 is 4.74 Å². The van der Waals surface area contributed by atoms with Gasteiger partial charge in [0.05, 0.1) is 0 Å². The minimum atomic E-state index is -0.278. The van der Waals surface area contributed by atoms with Gasteiger partial charge < -0.3 is 4.74 Å². The quantitative estimate of drug-likeness (QED) is 0.442. The number of carbonyl (C=O) groups excluding carboxylic acids is 1. The normalized spacial score (nSPS) is 8.85. The second-order valence-electron chi connectivity index (χ2n) is 2.92. The van der Waals surface area contributed by atoms with Crippen molar-refractivity contribution in [3.8, 4) is 5.75 Å². The van der Waals surface area contributed by atoms with Crippen molar-refractivity contribution in [1.29, 1.82) is 0 Å². The molecule has 0 saturated heterocycles. The Balaban J connectivity index is 0.00000144. The molecule has 2 radical (unpaired) electrons. The predicted molar refractivity (Wildman–Crippen MR) is 55.8 cm³/mol. The summed E-state index contributed by atoms with van der Waals surface area (Å²) in [4.78, 5) is 10.6. The van der Waals surface area contributed by atoms with Crippen molar-refractivity contribution in [1.82, 2.24) is 0 Å². The second-order valence-corrected chi connectivity index (χ2v) is 2.92. The molecule has 13 heavy (non-hydrogen) atoms. The van der Waals surface area contributed by atoms with Crippen LogP contribution in [-0.2, 0) is 4.79 Å². The fourth-order valence-corrected chi connectivity index (χ4v) is 1.16. The summed E-state index contributed by atoms with van der Waals surface area (Å²) in [6.45, 7) is 5.34. The maximum atomic E-state index is 10.6. The molecule has 0 bridgehead atoms. The van der Waals surface area contributed by atoms with E-state index in [1.807, 2.05) is 32.0 Å². The molecule has 0 atom stereocenters. The van der Waals surface area contributed by atoms with Crippen LogP contribution >= 0.6 is 0 Å². The van der Waals surface area contributed by atoms with E-state index in [2.05, 4.69) is 0 Å². The zero-order valence-electron chi connectivity index (χ0n) is 8.26. The predicted octanol–water partition coefficient (Wildman–Crippen LogP) is 1.31. The third-order valence-corrected chi connectivity index (χ3v) is 1.46. The van der Waals surface area contributed by atoms with Crippen LogP contribution in [0.3, 0.4) is 0 Å². The van der Waals surface area contributed by atoms with Gasteiger partial charge in [0, 0.05) is 6.92 Å². The number of carbonyl (C=O) groups is 1. The molecule has 0 aliphatic carbocycles. The third kappa shape index (κ3) is 4.31. The number of esters is 1. The molecule has 1 aromatic carbocycles. The zero-order valence-corrected chi connectivity index (χ0v) is 12.3. The van der Waals surface area contributed by atoms with Gasteiger partial charge in [0.1, 0.15) is 5.75 Å². The molecule has 0 spiro atoms. The first kappa shape index (κ1) is 12.5.